The highest BCUT2D eigenvalue weighted by molar-refractivity contribution is 7.15. The summed E-state index contributed by atoms with van der Waals surface area (Å²) < 4.78 is 21.3. The molecular weight excluding hydrogens is 404 g/mol. The number of aliphatic hydroxyl groups is 2. The Hall–Kier alpha value is -2.67. The van der Waals surface area contributed by atoms with Gasteiger partial charge in [-0.05, 0) is 0 Å². The van der Waals surface area contributed by atoms with Crippen molar-refractivity contribution in [2.45, 2.75) is 24.7 Å². The average molecular weight is 426 g/mol. The number of amides is 2. The van der Waals surface area contributed by atoms with Gasteiger partial charge in [0.25, 0.3) is 0 Å². The van der Waals surface area contributed by atoms with E-state index in [1.54, 1.807) is 12.1 Å². The number of ether oxygens (including phenoxy) is 4. The Balaban J connectivity index is 1.65. The molecule has 3 rings (SSSR count). The molecule has 11 nitrogen and oxygen atoms in total. The predicted octanol–water partition coefficient (Wildman–Crippen LogP) is 1.39. The first-order valence-corrected chi connectivity index (χ1v) is 9.46. The van der Waals surface area contributed by atoms with Gasteiger partial charge in [-0.3, -0.25) is 5.32 Å². The molecule has 1 fully saturated rings. The topological polar surface area (TPSA) is 144 Å². The minimum absolute atomic E-state index is 0.260. The minimum atomic E-state index is -0.770. The quantitative estimate of drug-likeness (QED) is 0.516. The van der Waals surface area contributed by atoms with Crippen LogP contribution in [0, 0.1) is 0 Å². The Morgan fingerprint density at radius 3 is 2.45 bits per heavy atom. The van der Waals surface area contributed by atoms with Crippen LogP contribution in [0.3, 0.4) is 0 Å². The maximum absolute atomic E-state index is 12.3. The Morgan fingerprint density at radius 1 is 1.21 bits per heavy atom. The Morgan fingerprint density at radius 2 is 1.90 bits per heavy atom. The van der Waals surface area contributed by atoms with Crippen molar-refractivity contribution >= 4 is 28.2 Å². The van der Waals surface area contributed by atoms with Gasteiger partial charge in [0.15, 0.2) is 11.5 Å². The van der Waals surface area contributed by atoms with Crippen LogP contribution in [0.5, 0.6) is 17.2 Å². The van der Waals surface area contributed by atoms with Crippen molar-refractivity contribution < 1.29 is 34.0 Å². The molecule has 1 aliphatic rings. The number of carbonyl (C=O) groups excluding carboxylic acids is 1. The lowest BCUT2D eigenvalue weighted by Crippen LogP contribution is -2.24. The number of carbonyl (C=O) groups is 1. The highest BCUT2D eigenvalue weighted by atomic mass is 32.1. The summed E-state index contributed by atoms with van der Waals surface area (Å²) >= 11 is 1.12. The van der Waals surface area contributed by atoms with E-state index in [0.29, 0.717) is 34.4 Å². The van der Waals surface area contributed by atoms with Crippen LogP contribution in [-0.4, -0.2) is 66.6 Å². The van der Waals surface area contributed by atoms with Crippen molar-refractivity contribution in [3.8, 4) is 17.2 Å². The third-order valence-corrected chi connectivity index (χ3v) is 5.19. The van der Waals surface area contributed by atoms with Gasteiger partial charge in [0, 0.05) is 18.6 Å². The van der Waals surface area contributed by atoms with Crippen molar-refractivity contribution in [2.24, 2.45) is 0 Å². The molecule has 0 saturated carbocycles. The standard InChI is InChI=1S/C17H22N4O7S/c1-25-10-4-8(5-11(26-2)14(10)27-3)18-16(24)19-17-21-20-15(29-17)12-6-9(23)13(7-22)28-12/h4-5,9,12-13,22-23H,6-7H2,1-3H3,(H2,18,19,21,24)/t9-,12-,13+/m0/s1. The van der Waals surface area contributed by atoms with Crippen molar-refractivity contribution in [2.75, 3.05) is 38.6 Å². The van der Waals surface area contributed by atoms with Crippen molar-refractivity contribution in [1.29, 1.82) is 0 Å². The first-order chi connectivity index (χ1) is 14.0. The third kappa shape index (κ3) is 4.67. The summed E-state index contributed by atoms with van der Waals surface area (Å²) in [4.78, 5) is 12.3. The normalized spacial score (nSPS) is 20.9. The number of nitrogens with zero attached hydrogens (tertiary/aromatic N) is 2. The monoisotopic (exact) mass is 426 g/mol. The molecule has 2 amide bonds. The van der Waals surface area contributed by atoms with E-state index in [-0.39, 0.29) is 11.7 Å². The summed E-state index contributed by atoms with van der Waals surface area (Å²) in [5, 5.41) is 32.9. The summed E-state index contributed by atoms with van der Waals surface area (Å²) in [7, 11) is 4.45. The fourth-order valence-electron chi connectivity index (χ4n) is 2.88. The molecule has 2 heterocycles. The van der Waals surface area contributed by atoms with Crippen LogP contribution in [0.1, 0.15) is 17.5 Å². The smallest absolute Gasteiger partial charge is 0.325 e. The van der Waals surface area contributed by atoms with E-state index >= 15 is 0 Å². The van der Waals surface area contributed by atoms with Crippen LogP contribution in [0.15, 0.2) is 12.1 Å². The molecule has 1 aromatic carbocycles. The van der Waals surface area contributed by atoms with Crippen LogP contribution in [0.25, 0.3) is 0 Å². The fraction of sp³-hybridized carbons (Fsp3) is 0.471. The molecular formula is C17H22N4O7S. The number of rotatable bonds is 7. The molecule has 1 saturated heterocycles. The molecule has 0 spiro atoms. The van der Waals surface area contributed by atoms with Gasteiger partial charge in [-0.15, -0.1) is 10.2 Å². The Kier molecular flexibility index (Phi) is 6.69. The zero-order chi connectivity index (χ0) is 21.0. The highest BCUT2D eigenvalue weighted by Gasteiger charge is 2.36. The molecule has 2 aromatic rings. The zero-order valence-electron chi connectivity index (χ0n) is 16.0. The molecule has 4 N–H and O–H groups in total. The second-order valence-electron chi connectivity index (χ2n) is 6.09. The summed E-state index contributed by atoms with van der Waals surface area (Å²) in [6.07, 6.45) is -1.59. The Bertz CT molecular complexity index is 837. The third-order valence-electron chi connectivity index (χ3n) is 4.26. The highest BCUT2D eigenvalue weighted by Crippen LogP contribution is 2.40. The van der Waals surface area contributed by atoms with Crippen LogP contribution >= 0.6 is 11.3 Å². The summed E-state index contributed by atoms with van der Waals surface area (Å²) in [5.74, 6) is 1.21. The molecule has 12 heteroatoms. The van der Waals surface area contributed by atoms with Crippen molar-refractivity contribution in [3.05, 3.63) is 17.1 Å². The van der Waals surface area contributed by atoms with Crippen LogP contribution < -0.4 is 24.8 Å². The number of anilines is 2. The predicted molar refractivity (Wildman–Crippen MR) is 104 cm³/mol. The molecule has 1 aromatic heterocycles. The van der Waals surface area contributed by atoms with E-state index < -0.39 is 24.3 Å². The van der Waals surface area contributed by atoms with Gasteiger partial charge in [0.2, 0.25) is 10.9 Å². The number of hydrogen-bond acceptors (Lipinski definition) is 10. The summed E-state index contributed by atoms with van der Waals surface area (Å²) in [5.41, 5.74) is 0.426. The first-order valence-electron chi connectivity index (χ1n) is 8.64. The van der Waals surface area contributed by atoms with E-state index in [0.717, 1.165) is 11.3 Å². The van der Waals surface area contributed by atoms with Gasteiger partial charge in [-0.2, -0.15) is 0 Å². The molecule has 0 bridgehead atoms. The molecule has 0 radical (unpaired) electrons. The van der Waals surface area contributed by atoms with Crippen LogP contribution in [-0.2, 0) is 4.74 Å². The fourth-order valence-corrected chi connectivity index (χ4v) is 3.67. The lowest BCUT2D eigenvalue weighted by atomic mass is 10.1. The lowest BCUT2D eigenvalue weighted by molar-refractivity contribution is -0.0227. The van der Waals surface area contributed by atoms with E-state index in [2.05, 4.69) is 20.8 Å². The molecule has 0 unspecified atom stereocenters. The van der Waals surface area contributed by atoms with E-state index in [4.69, 9.17) is 24.1 Å². The Labute approximate surface area is 170 Å². The SMILES string of the molecule is COc1cc(NC(=O)Nc2nnc([C@@H]3C[C@H](O)[C@@H](CO)O3)s2)cc(OC)c1OC. The van der Waals surface area contributed by atoms with Crippen LogP contribution in [0.2, 0.25) is 0 Å². The van der Waals surface area contributed by atoms with Gasteiger partial charge >= 0.3 is 6.03 Å². The van der Waals surface area contributed by atoms with Gasteiger partial charge < -0.3 is 34.5 Å². The van der Waals surface area contributed by atoms with E-state index in [9.17, 15) is 9.90 Å². The number of aromatic nitrogens is 2. The summed E-state index contributed by atoms with van der Waals surface area (Å²) in [6.45, 7) is -0.279. The van der Waals surface area contributed by atoms with E-state index in [1.165, 1.54) is 21.3 Å². The molecule has 1 aliphatic heterocycles. The van der Waals surface area contributed by atoms with Gasteiger partial charge in [0.05, 0.1) is 39.7 Å². The number of urea groups is 1. The average Bonchev–Trinajstić information content (AvgIpc) is 3.33. The molecule has 3 atom stereocenters. The largest absolute Gasteiger partial charge is 0.493 e. The van der Waals surface area contributed by atoms with Gasteiger partial charge in [0.1, 0.15) is 17.2 Å². The summed E-state index contributed by atoms with van der Waals surface area (Å²) in [6, 6.07) is 2.65. The lowest BCUT2D eigenvalue weighted by Gasteiger charge is -2.14. The zero-order valence-corrected chi connectivity index (χ0v) is 16.9. The number of nitrogens with one attached hydrogen (secondary N) is 2. The number of hydrogen-bond donors (Lipinski definition) is 4. The number of methoxy groups -OCH3 is 3. The van der Waals surface area contributed by atoms with Crippen LogP contribution in [0.4, 0.5) is 15.6 Å². The number of aliphatic hydroxyl groups excluding tert-OH is 2. The molecule has 158 valence electrons. The van der Waals surface area contributed by atoms with E-state index in [1.807, 2.05) is 0 Å². The minimum Gasteiger partial charge on any atom is -0.493 e. The maximum atomic E-state index is 12.3. The number of benzene rings is 1. The molecule has 0 aliphatic carbocycles. The van der Waals surface area contributed by atoms with Gasteiger partial charge in [-0.1, -0.05) is 11.3 Å². The first kappa shape index (κ1) is 21.0. The second-order valence-corrected chi connectivity index (χ2v) is 7.10. The second kappa shape index (κ2) is 9.22. The maximum Gasteiger partial charge on any atom is 0.325 e. The van der Waals surface area contributed by atoms with Crippen molar-refractivity contribution in [3.63, 3.8) is 0 Å². The molecule has 29 heavy (non-hydrogen) atoms. The van der Waals surface area contributed by atoms with Crippen molar-refractivity contribution in [1.82, 2.24) is 10.2 Å². The van der Waals surface area contributed by atoms with Gasteiger partial charge in [-0.25, -0.2) is 4.79 Å².